The molecule has 0 aromatic heterocycles. The number of β-lactam (4-membered cyclic amide) rings is 1. The molecule has 2 aromatic rings. The second kappa shape index (κ2) is 7.21. The van der Waals surface area contributed by atoms with Gasteiger partial charge in [-0.2, -0.15) is 0 Å². The Balaban J connectivity index is 1.45. The van der Waals surface area contributed by atoms with E-state index in [1.165, 1.54) is 0 Å². The number of ether oxygens (including phenoxy) is 4. The summed E-state index contributed by atoms with van der Waals surface area (Å²) in [5.41, 5.74) is 0.612. The second-order valence-corrected chi connectivity index (χ2v) is 8.53. The van der Waals surface area contributed by atoms with Crippen LogP contribution in [0.15, 0.2) is 54.6 Å². The van der Waals surface area contributed by atoms with Gasteiger partial charge >= 0.3 is 0 Å². The van der Waals surface area contributed by atoms with E-state index in [1.807, 2.05) is 18.2 Å². The Labute approximate surface area is 179 Å². The lowest BCUT2D eigenvalue weighted by atomic mass is 9.88. The summed E-state index contributed by atoms with van der Waals surface area (Å²) in [5, 5.41) is 11.5. The highest BCUT2D eigenvalue weighted by Gasteiger charge is 2.63. The van der Waals surface area contributed by atoms with Crippen molar-refractivity contribution >= 4 is 23.2 Å². The number of amides is 1. The van der Waals surface area contributed by atoms with Crippen molar-refractivity contribution in [3.05, 3.63) is 59.6 Å². The molecule has 0 saturated carbocycles. The zero-order valence-electron chi connectivity index (χ0n) is 16.5. The standard InChI is InChI=1S/C22H22ClNO6/c1-22(2)29-19-16(25)17(28-21(19)30-22)15-18(27-14-9-4-3-5-10-14)20(26)24(15)13-8-6-7-12(23)11-13/h3-11,15-19,21,25H,1-2H3/t15-,16+,17-,18+,19-,21-/m1/s1. The number of aliphatic hydroxyl groups is 1. The summed E-state index contributed by atoms with van der Waals surface area (Å²) in [6, 6.07) is 15.5. The molecule has 6 atom stereocenters. The molecule has 30 heavy (non-hydrogen) atoms. The van der Waals surface area contributed by atoms with Gasteiger partial charge in [0.1, 0.15) is 30.1 Å². The normalized spacial score (nSPS) is 34.5. The number of benzene rings is 2. The summed E-state index contributed by atoms with van der Waals surface area (Å²) >= 11 is 6.14. The van der Waals surface area contributed by atoms with E-state index < -0.39 is 42.5 Å². The Bertz CT molecular complexity index is 954. The van der Waals surface area contributed by atoms with E-state index in [4.69, 9.17) is 30.5 Å². The first-order chi connectivity index (χ1) is 14.3. The van der Waals surface area contributed by atoms with E-state index in [0.717, 1.165) is 0 Å². The molecule has 3 fully saturated rings. The van der Waals surface area contributed by atoms with Gasteiger partial charge in [-0.05, 0) is 44.2 Å². The van der Waals surface area contributed by atoms with Crippen molar-refractivity contribution in [2.75, 3.05) is 4.90 Å². The average Bonchev–Trinajstić information content (AvgIpc) is 3.17. The smallest absolute Gasteiger partial charge is 0.270 e. The molecule has 0 spiro atoms. The van der Waals surface area contributed by atoms with Crippen LogP contribution in [0.5, 0.6) is 5.75 Å². The van der Waals surface area contributed by atoms with E-state index in [2.05, 4.69) is 0 Å². The molecule has 3 aliphatic rings. The number of carbonyl (C=O) groups is 1. The first-order valence-electron chi connectivity index (χ1n) is 9.83. The molecule has 3 heterocycles. The number of fused-ring (bicyclic) bond motifs is 1. The van der Waals surface area contributed by atoms with Crippen LogP contribution in [0.2, 0.25) is 5.02 Å². The Morgan fingerprint density at radius 3 is 2.53 bits per heavy atom. The van der Waals surface area contributed by atoms with Crippen LogP contribution < -0.4 is 9.64 Å². The minimum Gasteiger partial charge on any atom is -0.478 e. The zero-order chi connectivity index (χ0) is 21.0. The molecular formula is C22H22ClNO6. The van der Waals surface area contributed by atoms with Crippen LogP contribution in [-0.2, 0) is 19.0 Å². The maximum absolute atomic E-state index is 13.1. The monoisotopic (exact) mass is 431 g/mol. The molecule has 3 aliphatic heterocycles. The first kappa shape index (κ1) is 19.8. The summed E-state index contributed by atoms with van der Waals surface area (Å²) in [7, 11) is 0. The van der Waals surface area contributed by atoms with Crippen LogP contribution in [-0.4, -0.2) is 53.5 Å². The molecule has 0 bridgehead atoms. The van der Waals surface area contributed by atoms with E-state index in [1.54, 1.807) is 55.1 Å². The summed E-state index contributed by atoms with van der Waals surface area (Å²) in [6.07, 6.45) is -3.91. The van der Waals surface area contributed by atoms with Crippen LogP contribution in [0.25, 0.3) is 0 Å². The van der Waals surface area contributed by atoms with E-state index >= 15 is 0 Å². The highest BCUT2D eigenvalue weighted by Crippen LogP contribution is 2.43. The maximum atomic E-state index is 13.1. The van der Waals surface area contributed by atoms with Gasteiger partial charge in [-0.1, -0.05) is 35.9 Å². The highest BCUT2D eigenvalue weighted by molar-refractivity contribution is 6.31. The number of hydrogen-bond acceptors (Lipinski definition) is 6. The van der Waals surface area contributed by atoms with Crippen LogP contribution in [0, 0.1) is 0 Å². The predicted molar refractivity (Wildman–Crippen MR) is 108 cm³/mol. The van der Waals surface area contributed by atoms with Gasteiger partial charge in [-0.3, -0.25) is 9.69 Å². The van der Waals surface area contributed by atoms with Gasteiger partial charge < -0.3 is 24.1 Å². The maximum Gasteiger partial charge on any atom is 0.270 e. The summed E-state index contributed by atoms with van der Waals surface area (Å²) in [6.45, 7) is 3.53. The fourth-order valence-corrected chi connectivity index (χ4v) is 4.48. The molecule has 7 nitrogen and oxygen atoms in total. The molecule has 1 N–H and O–H groups in total. The van der Waals surface area contributed by atoms with Crippen LogP contribution >= 0.6 is 11.6 Å². The number of hydrogen-bond donors (Lipinski definition) is 1. The van der Waals surface area contributed by atoms with Crippen molar-refractivity contribution in [1.82, 2.24) is 0 Å². The number of carbonyl (C=O) groups excluding carboxylic acids is 1. The fraction of sp³-hybridized carbons (Fsp3) is 0.409. The average molecular weight is 432 g/mol. The van der Waals surface area contributed by atoms with Gasteiger partial charge in [0.2, 0.25) is 6.10 Å². The summed E-state index contributed by atoms with van der Waals surface area (Å²) in [5.74, 6) is -0.516. The molecule has 3 saturated heterocycles. The third kappa shape index (κ3) is 3.27. The van der Waals surface area contributed by atoms with E-state index in [-0.39, 0.29) is 5.91 Å². The minimum absolute atomic E-state index is 0.235. The molecule has 0 radical (unpaired) electrons. The molecule has 8 heteroatoms. The zero-order valence-corrected chi connectivity index (χ0v) is 17.2. The lowest BCUT2D eigenvalue weighted by Crippen LogP contribution is -2.73. The SMILES string of the molecule is CC1(C)O[C@H]2O[C@H]([C@@H]3[C@H](Oc4ccccc4)C(=O)N3c3cccc(Cl)c3)[C@H](O)[C@H]2O1. The largest absolute Gasteiger partial charge is 0.478 e. The van der Waals surface area contributed by atoms with Crippen LogP contribution in [0.1, 0.15) is 13.8 Å². The molecule has 0 aliphatic carbocycles. The molecule has 5 rings (SSSR count). The van der Waals surface area contributed by atoms with Crippen molar-refractivity contribution < 1.29 is 28.8 Å². The third-order valence-corrected chi connectivity index (χ3v) is 5.81. The van der Waals surface area contributed by atoms with E-state index in [0.29, 0.717) is 16.5 Å². The second-order valence-electron chi connectivity index (χ2n) is 8.09. The van der Waals surface area contributed by atoms with Gasteiger partial charge in [-0.15, -0.1) is 0 Å². The number of halogens is 1. The lowest BCUT2D eigenvalue weighted by molar-refractivity contribution is -0.221. The van der Waals surface area contributed by atoms with Crippen molar-refractivity contribution in [3.8, 4) is 5.75 Å². The number of rotatable bonds is 4. The first-order valence-corrected chi connectivity index (χ1v) is 10.2. The fourth-order valence-electron chi connectivity index (χ4n) is 4.29. The Morgan fingerprint density at radius 1 is 1.07 bits per heavy atom. The van der Waals surface area contributed by atoms with Crippen molar-refractivity contribution in [2.45, 2.75) is 56.4 Å². The molecule has 158 valence electrons. The number of anilines is 1. The van der Waals surface area contributed by atoms with Gasteiger partial charge in [0.25, 0.3) is 5.91 Å². The van der Waals surface area contributed by atoms with Crippen molar-refractivity contribution in [2.24, 2.45) is 0 Å². The Hall–Kier alpha value is -2.16. The molecule has 1 amide bonds. The molecule has 0 unspecified atom stereocenters. The number of aliphatic hydroxyl groups excluding tert-OH is 1. The van der Waals surface area contributed by atoms with Crippen LogP contribution in [0.4, 0.5) is 5.69 Å². The predicted octanol–water partition coefficient (Wildman–Crippen LogP) is 2.74. The third-order valence-electron chi connectivity index (χ3n) is 5.57. The lowest BCUT2D eigenvalue weighted by Gasteiger charge is -2.49. The number of nitrogens with zero attached hydrogens (tertiary/aromatic N) is 1. The Morgan fingerprint density at radius 2 is 1.83 bits per heavy atom. The van der Waals surface area contributed by atoms with Crippen molar-refractivity contribution in [3.63, 3.8) is 0 Å². The minimum atomic E-state index is -0.988. The van der Waals surface area contributed by atoms with Crippen molar-refractivity contribution in [1.29, 1.82) is 0 Å². The summed E-state index contributed by atoms with van der Waals surface area (Å²) in [4.78, 5) is 14.6. The topological polar surface area (TPSA) is 77.5 Å². The van der Waals surface area contributed by atoms with Gasteiger partial charge in [0.15, 0.2) is 12.1 Å². The van der Waals surface area contributed by atoms with E-state index in [9.17, 15) is 9.90 Å². The molecule has 2 aromatic carbocycles. The van der Waals surface area contributed by atoms with Crippen LogP contribution in [0.3, 0.4) is 0 Å². The van der Waals surface area contributed by atoms with Gasteiger partial charge in [-0.25, -0.2) is 0 Å². The quantitative estimate of drug-likeness (QED) is 0.750. The van der Waals surface area contributed by atoms with Gasteiger partial charge in [0, 0.05) is 10.7 Å². The Kier molecular flexibility index (Phi) is 4.76. The molecular weight excluding hydrogens is 410 g/mol. The van der Waals surface area contributed by atoms with Gasteiger partial charge in [0.05, 0.1) is 0 Å². The number of para-hydroxylation sites is 1. The highest BCUT2D eigenvalue weighted by atomic mass is 35.5. The summed E-state index contributed by atoms with van der Waals surface area (Å²) < 4.78 is 23.6.